The summed E-state index contributed by atoms with van der Waals surface area (Å²) in [5, 5.41) is 4.99. The molecule has 0 unspecified atom stereocenters. The van der Waals surface area contributed by atoms with Crippen LogP contribution in [0.5, 0.6) is 5.75 Å². The Morgan fingerprint density at radius 2 is 2.07 bits per heavy atom. The summed E-state index contributed by atoms with van der Waals surface area (Å²) < 4.78 is 5.36. The number of anilines is 1. The highest BCUT2D eigenvalue weighted by molar-refractivity contribution is 5.98. The number of benzene rings is 1. The first-order valence-corrected chi connectivity index (χ1v) is 10.5. The van der Waals surface area contributed by atoms with Crippen molar-refractivity contribution in [3.8, 4) is 16.9 Å². The van der Waals surface area contributed by atoms with Gasteiger partial charge in [-0.3, -0.25) is 4.90 Å². The Balaban J connectivity index is 1.29. The number of aromatic amines is 2. The summed E-state index contributed by atoms with van der Waals surface area (Å²) in [5.41, 5.74) is 5.70. The van der Waals surface area contributed by atoms with Gasteiger partial charge < -0.3 is 20.0 Å². The Morgan fingerprint density at radius 1 is 1.17 bits per heavy atom. The molecule has 4 aromatic rings. The maximum atomic E-state index is 5.36. The van der Waals surface area contributed by atoms with Crippen LogP contribution in [0.4, 0.5) is 5.69 Å². The summed E-state index contributed by atoms with van der Waals surface area (Å²) in [6.07, 6.45) is 10.1. The van der Waals surface area contributed by atoms with Crippen molar-refractivity contribution in [2.75, 3.05) is 25.5 Å². The van der Waals surface area contributed by atoms with Gasteiger partial charge in [0.2, 0.25) is 0 Å². The molecule has 30 heavy (non-hydrogen) atoms. The van der Waals surface area contributed by atoms with E-state index in [2.05, 4.69) is 55.5 Å². The normalized spacial score (nSPS) is 15.5. The van der Waals surface area contributed by atoms with Crippen molar-refractivity contribution in [3.05, 3.63) is 66.7 Å². The predicted octanol–water partition coefficient (Wildman–Crippen LogP) is 4.64. The number of piperidine rings is 1. The van der Waals surface area contributed by atoms with E-state index in [1.54, 1.807) is 7.11 Å². The van der Waals surface area contributed by atoms with Crippen LogP contribution in [-0.4, -0.2) is 46.1 Å². The number of H-pyrrole nitrogens is 2. The summed E-state index contributed by atoms with van der Waals surface area (Å²) in [6, 6.07) is 13.0. The number of pyridine rings is 1. The molecule has 0 saturated carbocycles. The van der Waals surface area contributed by atoms with Crippen LogP contribution in [0.2, 0.25) is 0 Å². The van der Waals surface area contributed by atoms with E-state index in [4.69, 9.17) is 4.74 Å². The molecule has 0 aliphatic carbocycles. The van der Waals surface area contributed by atoms with E-state index >= 15 is 0 Å². The van der Waals surface area contributed by atoms with Gasteiger partial charge in [0.1, 0.15) is 11.4 Å². The first kappa shape index (κ1) is 18.8. The van der Waals surface area contributed by atoms with E-state index in [1.807, 2.05) is 30.9 Å². The van der Waals surface area contributed by atoms with Crippen molar-refractivity contribution in [3.63, 3.8) is 0 Å². The number of aromatic nitrogens is 3. The molecule has 6 heteroatoms. The van der Waals surface area contributed by atoms with Crippen LogP contribution in [0, 0.1) is 0 Å². The smallest absolute Gasteiger partial charge is 0.139 e. The SMILES string of the molecule is COc1cccc(CN2CCC(Nc3c(-c4cc[nH]c4)cnc4[nH]ccc34)CC2)c1. The molecule has 0 spiro atoms. The third kappa shape index (κ3) is 3.78. The first-order chi connectivity index (χ1) is 14.8. The topological polar surface area (TPSA) is 69.0 Å². The summed E-state index contributed by atoms with van der Waals surface area (Å²) in [4.78, 5) is 13.5. The average molecular weight is 402 g/mol. The second kappa shape index (κ2) is 8.24. The minimum Gasteiger partial charge on any atom is -0.497 e. The maximum Gasteiger partial charge on any atom is 0.139 e. The monoisotopic (exact) mass is 401 g/mol. The van der Waals surface area contributed by atoms with Gasteiger partial charge in [0, 0.05) is 67.0 Å². The molecule has 6 nitrogen and oxygen atoms in total. The largest absolute Gasteiger partial charge is 0.497 e. The summed E-state index contributed by atoms with van der Waals surface area (Å²) in [7, 11) is 1.72. The number of ether oxygens (including phenoxy) is 1. The van der Waals surface area contributed by atoms with Crippen molar-refractivity contribution < 1.29 is 4.74 Å². The average Bonchev–Trinajstić information content (AvgIpc) is 3.48. The van der Waals surface area contributed by atoms with Gasteiger partial charge >= 0.3 is 0 Å². The van der Waals surface area contributed by atoms with Gasteiger partial charge in [0.25, 0.3) is 0 Å². The zero-order valence-electron chi connectivity index (χ0n) is 17.2. The maximum absolute atomic E-state index is 5.36. The second-order valence-corrected chi connectivity index (χ2v) is 7.93. The van der Waals surface area contributed by atoms with Crippen molar-refractivity contribution >= 4 is 16.7 Å². The standard InChI is InChI=1S/C24H27N5O/c1-30-20-4-2-3-17(13-20)16-29-11-7-19(8-12-29)28-23-21-6-10-26-24(21)27-15-22(23)18-5-9-25-14-18/h2-6,9-10,13-15,19,25H,7-8,11-12,16H2,1H3,(H2,26,27,28). The molecule has 0 amide bonds. The molecular weight excluding hydrogens is 374 g/mol. The van der Waals surface area contributed by atoms with Gasteiger partial charge in [-0.1, -0.05) is 12.1 Å². The number of hydrogen-bond donors (Lipinski definition) is 3. The molecule has 5 rings (SSSR count). The van der Waals surface area contributed by atoms with Crippen LogP contribution in [0.25, 0.3) is 22.2 Å². The summed E-state index contributed by atoms with van der Waals surface area (Å²) >= 11 is 0. The quantitative estimate of drug-likeness (QED) is 0.440. The van der Waals surface area contributed by atoms with Crippen LogP contribution < -0.4 is 10.1 Å². The molecule has 0 bridgehead atoms. The summed E-state index contributed by atoms with van der Waals surface area (Å²) in [5.74, 6) is 0.926. The Hall–Kier alpha value is -3.25. The lowest BCUT2D eigenvalue weighted by molar-refractivity contribution is 0.211. The van der Waals surface area contributed by atoms with E-state index in [0.29, 0.717) is 6.04 Å². The Kier molecular flexibility index (Phi) is 5.15. The lowest BCUT2D eigenvalue weighted by Gasteiger charge is -2.33. The molecule has 1 aliphatic heterocycles. The fourth-order valence-corrected chi connectivity index (χ4v) is 4.34. The molecule has 4 heterocycles. The Labute approximate surface area is 176 Å². The minimum absolute atomic E-state index is 0.449. The molecule has 154 valence electrons. The number of hydrogen-bond acceptors (Lipinski definition) is 4. The minimum atomic E-state index is 0.449. The fourth-order valence-electron chi connectivity index (χ4n) is 4.34. The molecule has 1 fully saturated rings. The van der Waals surface area contributed by atoms with Gasteiger partial charge in [0.05, 0.1) is 12.8 Å². The highest BCUT2D eigenvalue weighted by Crippen LogP contribution is 2.34. The van der Waals surface area contributed by atoms with Gasteiger partial charge in [0.15, 0.2) is 0 Å². The van der Waals surface area contributed by atoms with Crippen molar-refractivity contribution in [2.24, 2.45) is 0 Å². The van der Waals surface area contributed by atoms with Gasteiger partial charge in [-0.05, 0) is 42.7 Å². The van der Waals surface area contributed by atoms with E-state index in [-0.39, 0.29) is 0 Å². The first-order valence-electron chi connectivity index (χ1n) is 10.5. The van der Waals surface area contributed by atoms with Crippen LogP contribution in [0.1, 0.15) is 18.4 Å². The Bertz CT molecular complexity index is 1110. The van der Waals surface area contributed by atoms with Gasteiger partial charge in [-0.15, -0.1) is 0 Å². The third-order valence-electron chi connectivity index (χ3n) is 5.97. The lowest BCUT2D eigenvalue weighted by atomic mass is 10.0. The number of methoxy groups -OCH3 is 1. The van der Waals surface area contributed by atoms with E-state index < -0.39 is 0 Å². The number of fused-ring (bicyclic) bond motifs is 1. The van der Waals surface area contributed by atoms with E-state index in [0.717, 1.165) is 60.4 Å². The molecule has 0 atom stereocenters. The molecule has 0 radical (unpaired) electrons. The van der Waals surface area contributed by atoms with Crippen molar-refractivity contribution in [1.29, 1.82) is 0 Å². The van der Waals surface area contributed by atoms with Gasteiger partial charge in [-0.2, -0.15) is 0 Å². The zero-order valence-corrected chi connectivity index (χ0v) is 17.2. The highest BCUT2D eigenvalue weighted by atomic mass is 16.5. The van der Waals surface area contributed by atoms with Crippen LogP contribution in [0.3, 0.4) is 0 Å². The zero-order chi connectivity index (χ0) is 20.3. The van der Waals surface area contributed by atoms with Crippen LogP contribution in [0.15, 0.2) is 61.2 Å². The molecular formula is C24H27N5O. The number of likely N-dealkylation sites (tertiary alicyclic amines) is 1. The van der Waals surface area contributed by atoms with E-state index in [9.17, 15) is 0 Å². The molecule has 3 N–H and O–H groups in total. The number of nitrogens with one attached hydrogen (secondary N) is 3. The second-order valence-electron chi connectivity index (χ2n) is 7.93. The van der Waals surface area contributed by atoms with E-state index in [1.165, 1.54) is 11.3 Å². The molecule has 1 aliphatic rings. The fraction of sp³-hybridized carbons (Fsp3) is 0.292. The number of rotatable bonds is 6. The van der Waals surface area contributed by atoms with Crippen molar-refractivity contribution in [1.82, 2.24) is 19.9 Å². The molecule has 3 aromatic heterocycles. The molecule has 1 aromatic carbocycles. The number of nitrogens with zero attached hydrogens (tertiary/aromatic N) is 2. The van der Waals surface area contributed by atoms with Gasteiger partial charge in [-0.25, -0.2) is 4.98 Å². The highest BCUT2D eigenvalue weighted by Gasteiger charge is 2.22. The van der Waals surface area contributed by atoms with Crippen LogP contribution in [-0.2, 0) is 6.54 Å². The van der Waals surface area contributed by atoms with Crippen molar-refractivity contribution in [2.45, 2.75) is 25.4 Å². The Morgan fingerprint density at radius 3 is 2.87 bits per heavy atom. The summed E-state index contributed by atoms with van der Waals surface area (Å²) in [6.45, 7) is 3.13. The molecule has 1 saturated heterocycles. The van der Waals surface area contributed by atoms with Crippen LogP contribution >= 0.6 is 0 Å². The lowest BCUT2D eigenvalue weighted by Crippen LogP contribution is -2.38. The third-order valence-corrected chi connectivity index (χ3v) is 5.97. The predicted molar refractivity (Wildman–Crippen MR) is 121 cm³/mol.